The third-order valence-corrected chi connectivity index (χ3v) is 3.51. The van der Waals surface area contributed by atoms with Gasteiger partial charge in [-0.25, -0.2) is 0 Å². The number of benzene rings is 1. The summed E-state index contributed by atoms with van der Waals surface area (Å²) in [5.74, 6) is 0.732. The highest BCUT2D eigenvalue weighted by molar-refractivity contribution is 6.34. The highest BCUT2D eigenvalue weighted by Gasteiger charge is 2.22. The lowest BCUT2D eigenvalue weighted by Gasteiger charge is -2.08. The monoisotopic (exact) mass is 290 g/mol. The molecule has 3 rings (SSSR count). The van der Waals surface area contributed by atoms with Crippen molar-refractivity contribution in [3.63, 3.8) is 0 Å². The van der Waals surface area contributed by atoms with E-state index in [4.69, 9.17) is 11.6 Å². The first-order valence-corrected chi connectivity index (χ1v) is 7.06. The van der Waals surface area contributed by atoms with Crippen LogP contribution >= 0.6 is 11.6 Å². The van der Waals surface area contributed by atoms with Crippen molar-refractivity contribution in [1.29, 1.82) is 0 Å². The summed E-state index contributed by atoms with van der Waals surface area (Å²) in [5, 5.41) is 16.2. The van der Waals surface area contributed by atoms with Crippen LogP contribution in [-0.4, -0.2) is 28.7 Å². The molecule has 2 aromatic rings. The Labute approximate surface area is 121 Å². The van der Waals surface area contributed by atoms with Gasteiger partial charge >= 0.3 is 0 Å². The second-order valence-electron chi connectivity index (χ2n) is 4.90. The first-order chi connectivity index (χ1) is 9.74. The van der Waals surface area contributed by atoms with Crippen LogP contribution in [-0.2, 0) is 4.79 Å². The average Bonchev–Trinajstić information content (AvgIpc) is 3.26. The molecule has 6 heteroatoms. The van der Waals surface area contributed by atoms with Gasteiger partial charge in [0, 0.05) is 29.8 Å². The summed E-state index contributed by atoms with van der Waals surface area (Å²) in [6, 6.07) is 8.06. The van der Waals surface area contributed by atoms with Crippen LogP contribution in [0.3, 0.4) is 0 Å². The summed E-state index contributed by atoms with van der Waals surface area (Å²) < 4.78 is 0. The van der Waals surface area contributed by atoms with Gasteiger partial charge in [-0.1, -0.05) is 35.9 Å². The van der Waals surface area contributed by atoms with Gasteiger partial charge in [-0.3, -0.25) is 4.79 Å². The highest BCUT2D eigenvalue weighted by Crippen LogP contribution is 2.25. The molecule has 1 heterocycles. The zero-order valence-corrected chi connectivity index (χ0v) is 11.7. The van der Waals surface area contributed by atoms with Crippen molar-refractivity contribution < 1.29 is 4.79 Å². The first kappa shape index (κ1) is 13.1. The van der Waals surface area contributed by atoms with Crippen molar-refractivity contribution in [2.45, 2.75) is 25.3 Å². The molecule has 0 spiro atoms. The number of fused-ring (bicyclic) bond motifs is 1. The van der Waals surface area contributed by atoms with E-state index in [0.717, 1.165) is 23.6 Å². The zero-order chi connectivity index (χ0) is 13.9. The van der Waals surface area contributed by atoms with Crippen molar-refractivity contribution in [3.05, 3.63) is 29.4 Å². The van der Waals surface area contributed by atoms with Gasteiger partial charge in [0.05, 0.1) is 0 Å². The summed E-state index contributed by atoms with van der Waals surface area (Å²) in [6.45, 7) is 0.527. The minimum atomic E-state index is 0.0752. The van der Waals surface area contributed by atoms with Gasteiger partial charge in [0.15, 0.2) is 11.0 Å². The van der Waals surface area contributed by atoms with Gasteiger partial charge in [-0.05, 0) is 12.8 Å². The maximum atomic E-state index is 11.6. The number of nitrogens with zero attached hydrogens (tertiary/aromatic N) is 2. The molecule has 0 bridgehead atoms. The van der Waals surface area contributed by atoms with E-state index in [9.17, 15) is 4.79 Å². The van der Waals surface area contributed by atoms with E-state index in [1.165, 1.54) is 0 Å². The van der Waals surface area contributed by atoms with Gasteiger partial charge < -0.3 is 10.6 Å². The Morgan fingerprint density at radius 3 is 2.75 bits per heavy atom. The molecule has 5 nitrogen and oxygen atoms in total. The lowest BCUT2D eigenvalue weighted by Crippen LogP contribution is -2.27. The molecular formula is C14H15ClN4O. The maximum absolute atomic E-state index is 11.6. The molecule has 1 amide bonds. The van der Waals surface area contributed by atoms with Crippen LogP contribution in [0, 0.1) is 0 Å². The second-order valence-corrected chi connectivity index (χ2v) is 5.26. The molecule has 1 aliphatic rings. The minimum absolute atomic E-state index is 0.0752. The first-order valence-electron chi connectivity index (χ1n) is 6.68. The topological polar surface area (TPSA) is 66.9 Å². The molecule has 0 saturated heterocycles. The Morgan fingerprint density at radius 2 is 2.00 bits per heavy atom. The number of hydrogen-bond donors (Lipinski definition) is 2. The van der Waals surface area contributed by atoms with Crippen LogP contribution in [0.25, 0.3) is 10.8 Å². The van der Waals surface area contributed by atoms with Crippen molar-refractivity contribution in [1.82, 2.24) is 15.5 Å². The van der Waals surface area contributed by atoms with Crippen LogP contribution in [0.15, 0.2) is 24.3 Å². The standard InChI is InChI=1S/C14H15ClN4O/c15-13-10-3-1-2-4-11(10)14(19-18-13)16-8-7-12(20)17-9-5-6-9/h1-4,9H,5-8H2,(H,16,19)(H,17,20). The summed E-state index contributed by atoms with van der Waals surface area (Å²) in [4.78, 5) is 11.6. The number of carbonyl (C=O) groups excluding carboxylic acids is 1. The molecule has 1 aromatic carbocycles. The maximum Gasteiger partial charge on any atom is 0.221 e. The predicted octanol–water partition coefficient (Wildman–Crippen LogP) is 2.36. The molecule has 0 radical (unpaired) electrons. The van der Waals surface area contributed by atoms with Crippen molar-refractivity contribution >= 4 is 34.1 Å². The van der Waals surface area contributed by atoms with E-state index in [-0.39, 0.29) is 5.91 Å². The van der Waals surface area contributed by atoms with E-state index in [2.05, 4.69) is 20.8 Å². The number of rotatable bonds is 5. The molecule has 1 fully saturated rings. The number of hydrogen-bond acceptors (Lipinski definition) is 4. The van der Waals surface area contributed by atoms with Crippen LogP contribution in [0.4, 0.5) is 5.82 Å². The zero-order valence-electron chi connectivity index (χ0n) is 10.9. The molecule has 2 N–H and O–H groups in total. The molecule has 0 unspecified atom stereocenters. The van der Waals surface area contributed by atoms with E-state index in [0.29, 0.717) is 30.0 Å². The number of anilines is 1. The van der Waals surface area contributed by atoms with Crippen LogP contribution < -0.4 is 10.6 Å². The van der Waals surface area contributed by atoms with Gasteiger partial charge in [-0.2, -0.15) is 0 Å². The Balaban J connectivity index is 1.65. The van der Waals surface area contributed by atoms with E-state index in [1.807, 2.05) is 24.3 Å². The number of carbonyl (C=O) groups is 1. The summed E-state index contributed by atoms with van der Waals surface area (Å²) in [7, 11) is 0. The third-order valence-electron chi connectivity index (χ3n) is 3.23. The fourth-order valence-corrected chi connectivity index (χ4v) is 2.23. The Hall–Kier alpha value is -1.88. The Morgan fingerprint density at radius 1 is 1.25 bits per heavy atom. The van der Waals surface area contributed by atoms with Crippen LogP contribution in [0.2, 0.25) is 5.15 Å². The molecule has 20 heavy (non-hydrogen) atoms. The Bertz CT molecular complexity index is 642. The molecule has 0 aliphatic heterocycles. The number of amides is 1. The van der Waals surface area contributed by atoms with Gasteiger partial charge in [0.25, 0.3) is 0 Å². The van der Waals surface area contributed by atoms with Gasteiger partial charge in [-0.15, -0.1) is 10.2 Å². The van der Waals surface area contributed by atoms with Crippen molar-refractivity contribution in [3.8, 4) is 0 Å². The lowest BCUT2D eigenvalue weighted by atomic mass is 10.2. The van der Waals surface area contributed by atoms with E-state index >= 15 is 0 Å². The molecule has 104 valence electrons. The normalized spacial score (nSPS) is 14.2. The summed E-state index contributed by atoms with van der Waals surface area (Å²) >= 11 is 6.01. The molecule has 0 atom stereocenters. The summed E-state index contributed by atoms with van der Waals surface area (Å²) in [6.07, 6.45) is 2.63. The largest absolute Gasteiger partial charge is 0.368 e. The number of nitrogens with one attached hydrogen (secondary N) is 2. The quantitative estimate of drug-likeness (QED) is 0.887. The van der Waals surface area contributed by atoms with Crippen molar-refractivity contribution in [2.24, 2.45) is 0 Å². The SMILES string of the molecule is O=C(CCNc1nnc(Cl)c2ccccc12)NC1CC1. The van der Waals surface area contributed by atoms with Gasteiger partial charge in [0.2, 0.25) is 5.91 Å². The lowest BCUT2D eigenvalue weighted by molar-refractivity contribution is -0.120. The van der Waals surface area contributed by atoms with Crippen molar-refractivity contribution in [2.75, 3.05) is 11.9 Å². The molecule has 1 saturated carbocycles. The fraction of sp³-hybridized carbons (Fsp3) is 0.357. The molecule has 1 aromatic heterocycles. The highest BCUT2D eigenvalue weighted by atomic mass is 35.5. The molecular weight excluding hydrogens is 276 g/mol. The van der Waals surface area contributed by atoms with Gasteiger partial charge in [0.1, 0.15) is 0 Å². The average molecular weight is 291 g/mol. The summed E-state index contributed by atoms with van der Waals surface area (Å²) in [5.41, 5.74) is 0. The molecule has 1 aliphatic carbocycles. The van der Waals surface area contributed by atoms with Crippen LogP contribution in [0.1, 0.15) is 19.3 Å². The third kappa shape index (κ3) is 2.99. The minimum Gasteiger partial charge on any atom is -0.368 e. The van der Waals surface area contributed by atoms with Crippen LogP contribution in [0.5, 0.6) is 0 Å². The second kappa shape index (κ2) is 5.63. The predicted molar refractivity (Wildman–Crippen MR) is 78.8 cm³/mol. The van der Waals surface area contributed by atoms with E-state index < -0.39 is 0 Å². The smallest absolute Gasteiger partial charge is 0.221 e. The Kier molecular flexibility index (Phi) is 3.69. The number of aromatic nitrogens is 2. The fourth-order valence-electron chi connectivity index (χ4n) is 2.02. The van der Waals surface area contributed by atoms with E-state index in [1.54, 1.807) is 0 Å². The number of halogens is 1.